The maximum Gasteiger partial charge on any atom is 0.417 e. The van der Waals surface area contributed by atoms with Gasteiger partial charge in [0.25, 0.3) is 5.91 Å². The van der Waals surface area contributed by atoms with Gasteiger partial charge in [-0.2, -0.15) is 23.1 Å². The normalized spacial score (nSPS) is 11.0. The lowest BCUT2D eigenvalue weighted by Gasteiger charge is -2.11. The second-order valence-electron chi connectivity index (χ2n) is 6.00. The predicted molar refractivity (Wildman–Crippen MR) is 105 cm³/mol. The Bertz CT molecular complexity index is 1140. The molecule has 2 N–H and O–H groups in total. The molecule has 13 heteroatoms. The summed E-state index contributed by atoms with van der Waals surface area (Å²) in [5.74, 6) is -1.43. The molecule has 2 amide bonds. The van der Waals surface area contributed by atoms with Crippen LogP contribution in [0.15, 0.2) is 48.8 Å². The quantitative estimate of drug-likeness (QED) is 0.528. The van der Waals surface area contributed by atoms with Gasteiger partial charge in [-0.15, -0.1) is 0 Å². The summed E-state index contributed by atoms with van der Waals surface area (Å²) < 4.78 is 44.4. The van der Waals surface area contributed by atoms with Crippen LogP contribution in [0.4, 0.5) is 18.9 Å². The van der Waals surface area contributed by atoms with Gasteiger partial charge < -0.3 is 10.1 Å². The average Bonchev–Trinajstić information content (AvgIpc) is 2.75. The van der Waals surface area contributed by atoms with Crippen molar-refractivity contribution in [2.45, 2.75) is 6.18 Å². The van der Waals surface area contributed by atoms with Gasteiger partial charge in [0.05, 0.1) is 17.7 Å². The first-order valence-corrected chi connectivity index (χ1v) is 9.03. The van der Waals surface area contributed by atoms with Crippen molar-refractivity contribution in [3.63, 3.8) is 0 Å². The third kappa shape index (κ3) is 5.68. The minimum Gasteiger partial charge on any atom is -0.424 e. The third-order valence-electron chi connectivity index (χ3n) is 3.80. The molecule has 9 nitrogen and oxygen atoms in total. The highest BCUT2D eigenvalue weighted by Gasteiger charge is 2.33. The molecule has 1 heterocycles. The Kier molecular flexibility index (Phi) is 6.85. The number of rotatable bonds is 6. The van der Waals surface area contributed by atoms with Crippen LogP contribution in [0.2, 0.25) is 5.02 Å². The van der Waals surface area contributed by atoms with Gasteiger partial charge in [-0.25, -0.2) is 10.5 Å². The summed E-state index contributed by atoms with van der Waals surface area (Å²) in [7, 11) is 1.25. The van der Waals surface area contributed by atoms with E-state index in [0.717, 1.165) is 12.4 Å². The number of aromatic nitrogens is 3. The topological polar surface area (TPSA) is 115 Å². The molecule has 0 saturated heterocycles. The van der Waals surface area contributed by atoms with Crippen LogP contribution >= 0.6 is 11.6 Å². The van der Waals surface area contributed by atoms with E-state index in [1.54, 1.807) is 0 Å². The van der Waals surface area contributed by atoms with Crippen molar-refractivity contribution in [3.05, 3.63) is 70.8 Å². The van der Waals surface area contributed by atoms with Gasteiger partial charge in [-0.3, -0.25) is 14.4 Å². The number of anilines is 1. The fourth-order valence-corrected chi connectivity index (χ4v) is 2.60. The predicted octanol–water partition coefficient (Wildman–Crippen LogP) is 3.88. The Morgan fingerprint density at radius 1 is 1.03 bits per heavy atom. The summed E-state index contributed by atoms with van der Waals surface area (Å²) in [6.07, 6.45) is -3.62. The molecule has 0 radical (unpaired) electrons. The molecular weight excluding hydrogens is 455 g/mol. The molecule has 3 aromatic rings. The number of carbonyl (C=O) groups excluding carboxylic acids is 2. The van der Waals surface area contributed by atoms with E-state index in [1.165, 1.54) is 37.4 Å². The monoisotopic (exact) mass is 467 g/mol. The van der Waals surface area contributed by atoms with E-state index in [9.17, 15) is 22.8 Å². The molecule has 0 bridgehead atoms. The highest BCUT2D eigenvalue weighted by atomic mass is 35.5. The molecule has 0 saturated carbocycles. The largest absolute Gasteiger partial charge is 0.424 e. The number of ether oxygens (including phenoxy) is 1. The Morgan fingerprint density at radius 3 is 2.41 bits per heavy atom. The zero-order valence-electron chi connectivity index (χ0n) is 16.1. The molecule has 0 aliphatic heterocycles. The number of benzene rings is 2. The van der Waals surface area contributed by atoms with Crippen molar-refractivity contribution >= 4 is 29.1 Å². The number of carbonyl (C=O) groups is 2. The Balaban J connectivity index is 1.68. The van der Waals surface area contributed by atoms with Gasteiger partial charge in [-0.1, -0.05) is 11.6 Å². The Hall–Kier alpha value is -3.77. The Morgan fingerprint density at radius 2 is 1.75 bits per heavy atom. The lowest BCUT2D eigenvalue weighted by molar-refractivity contribution is -0.137. The van der Waals surface area contributed by atoms with Crippen LogP contribution in [0.3, 0.4) is 0 Å². The summed E-state index contributed by atoms with van der Waals surface area (Å²) in [5, 5.41) is 1.97. The van der Waals surface area contributed by atoms with Crippen molar-refractivity contribution in [2.24, 2.45) is 0 Å². The Labute approximate surface area is 183 Å². The lowest BCUT2D eigenvalue weighted by Crippen LogP contribution is -2.24. The number of halogens is 4. The van der Waals surface area contributed by atoms with Crippen LogP contribution < -0.4 is 15.5 Å². The van der Waals surface area contributed by atoms with E-state index in [4.69, 9.17) is 16.3 Å². The first kappa shape index (κ1) is 22.9. The van der Waals surface area contributed by atoms with E-state index in [0.29, 0.717) is 11.8 Å². The molecule has 166 valence electrons. The number of hydrogen-bond acceptors (Lipinski definition) is 7. The van der Waals surface area contributed by atoms with Crippen LogP contribution in [0.25, 0.3) is 0 Å². The lowest BCUT2D eigenvalue weighted by atomic mass is 10.1. The minimum atomic E-state index is -4.69. The second kappa shape index (κ2) is 9.58. The number of alkyl halides is 3. The zero-order valence-corrected chi connectivity index (χ0v) is 16.9. The van der Waals surface area contributed by atoms with Gasteiger partial charge in [-0.05, 0) is 42.5 Å². The number of amides is 2. The van der Waals surface area contributed by atoms with Crippen LogP contribution in [-0.2, 0) is 11.0 Å². The maximum absolute atomic E-state index is 13.0. The molecule has 0 aliphatic carbocycles. The highest BCUT2D eigenvalue weighted by molar-refractivity contribution is 6.31. The molecule has 32 heavy (non-hydrogen) atoms. The van der Waals surface area contributed by atoms with E-state index in [1.807, 2.05) is 5.48 Å². The number of hydrogen-bond donors (Lipinski definition) is 2. The fraction of sp³-hybridized carbons (Fsp3) is 0.105. The SMILES string of the molecule is CONC(=O)c1ncnc(Oc2ccc(NC(=O)c3ccc(Cl)c(C(F)(F)F)c3)cc2)n1. The molecule has 3 rings (SSSR count). The van der Waals surface area contributed by atoms with E-state index in [2.05, 4.69) is 25.1 Å². The minimum absolute atomic E-state index is 0.168. The molecule has 1 aromatic heterocycles. The summed E-state index contributed by atoms with van der Waals surface area (Å²) in [6, 6.07) is 8.51. The fourth-order valence-electron chi connectivity index (χ4n) is 2.38. The highest BCUT2D eigenvalue weighted by Crippen LogP contribution is 2.35. The van der Waals surface area contributed by atoms with Crippen LogP contribution in [0.1, 0.15) is 26.5 Å². The molecule has 0 atom stereocenters. The number of nitrogens with zero attached hydrogens (tertiary/aromatic N) is 3. The number of nitrogens with one attached hydrogen (secondary N) is 2. The first-order valence-electron chi connectivity index (χ1n) is 8.66. The molecule has 2 aromatic carbocycles. The summed E-state index contributed by atoms with van der Waals surface area (Å²) >= 11 is 5.56. The van der Waals surface area contributed by atoms with E-state index >= 15 is 0 Å². The van der Waals surface area contributed by atoms with Gasteiger partial charge in [0.15, 0.2) is 0 Å². The summed E-state index contributed by atoms with van der Waals surface area (Å²) in [4.78, 5) is 39.7. The molecule has 0 unspecified atom stereocenters. The third-order valence-corrected chi connectivity index (χ3v) is 4.13. The molecule has 0 aliphatic rings. The summed E-state index contributed by atoms with van der Waals surface area (Å²) in [6.45, 7) is 0. The van der Waals surface area contributed by atoms with Gasteiger partial charge in [0.1, 0.15) is 12.1 Å². The van der Waals surface area contributed by atoms with Crippen molar-refractivity contribution in [1.29, 1.82) is 0 Å². The van der Waals surface area contributed by atoms with Crippen LogP contribution in [-0.4, -0.2) is 33.9 Å². The van der Waals surface area contributed by atoms with Crippen molar-refractivity contribution in [2.75, 3.05) is 12.4 Å². The zero-order chi connectivity index (χ0) is 23.3. The van der Waals surface area contributed by atoms with Crippen LogP contribution in [0, 0.1) is 0 Å². The second-order valence-corrected chi connectivity index (χ2v) is 6.41. The average molecular weight is 468 g/mol. The maximum atomic E-state index is 13.0. The first-order chi connectivity index (χ1) is 15.2. The van der Waals surface area contributed by atoms with Crippen LogP contribution in [0.5, 0.6) is 11.8 Å². The van der Waals surface area contributed by atoms with Crippen molar-refractivity contribution < 1.29 is 32.3 Å². The number of hydroxylamine groups is 1. The van der Waals surface area contributed by atoms with Gasteiger partial charge in [0, 0.05) is 11.3 Å². The van der Waals surface area contributed by atoms with Crippen molar-refractivity contribution in [3.8, 4) is 11.8 Å². The van der Waals surface area contributed by atoms with E-state index < -0.39 is 28.6 Å². The molecule has 0 fully saturated rings. The van der Waals surface area contributed by atoms with Gasteiger partial charge >= 0.3 is 18.1 Å². The van der Waals surface area contributed by atoms with E-state index in [-0.39, 0.29) is 23.1 Å². The molecular formula is C19H13ClF3N5O4. The molecule has 0 spiro atoms. The van der Waals surface area contributed by atoms with Gasteiger partial charge in [0.2, 0.25) is 5.82 Å². The summed E-state index contributed by atoms with van der Waals surface area (Å²) in [5.41, 5.74) is 1.02. The standard InChI is InChI=1S/C19H13ClF3N5O4/c1-31-28-17(30)15-24-9-25-18(27-15)32-12-5-3-11(4-6-12)26-16(29)10-2-7-14(20)13(8-10)19(21,22)23/h2-9H,1H3,(H,26,29)(H,28,30). The smallest absolute Gasteiger partial charge is 0.417 e. The van der Waals surface area contributed by atoms with Crippen molar-refractivity contribution in [1.82, 2.24) is 20.4 Å².